The van der Waals surface area contributed by atoms with Gasteiger partial charge in [0, 0.05) is 25.5 Å². The average molecular weight is 243 g/mol. The Labute approximate surface area is 94.6 Å². The highest BCUT2D eigenvalue weighted by atomic mass is 32.2. The normalized spacial score (nSPS) is 10.5. The van der Waals surface area contributed by atoms with E-state index in [1.54, 1.807) is 6.92 Å². The van der Waals surface area contributed by atoms with E-state index in [1.807, 2.05) is 7.05 Å². The lowest BCUT2D eigenvalue weighted by Crippen LogP contribution is -1.90. The third-order valence-corrected chi connectivity index (χ3v) is 3.24. The molecule has 80 valence electrons. The van der Waals surface area contributed by atoms with Crippen LogP contribution in [0.3, 0.4) is 0 Å². The van der Waals surface area contributed by atoms with Crippen LogP contribution in [-0.2, 0) is 5.75 Å². The van der Waals surface area contributed by atoms with Gasteiger partial charge in [-0.1, -0.05) is 16.3 Å². The standard InChI is InChI=1S/C7H9N5OS2/c1-4-9-11-7(13-4)14-3-5-6(8-2)15-12-10-5/h8H,3H2,1-2H3. The second kappa shape index (κ2) is 4.58. The fourth-order valence-corrected chi connectivity index (χ4v) is 2.32. The molecule has 0 aliphatic heterocycles. The van der Waals surface area contributed by atoms with Gasteiger partial charge in [0.05, 0.1) is 5.75 Å². The number of hydrogen-bond donors (Lipinski definition) is 1. The van der Waals surface area contributed by atoms with Crippen molar-refractivity contribution >= 4 is 28.3 Å². The predicted octanol–water partition coefficient (Wildman–Crippen LogP) is 1.56. The number of aromatic nitrogens is 4. The first-order chi connectivity index (χ1) is 7.29. The van der Waals surface area contributed by atoms with Crippen molar-refractivity contribution in [1.82, 2.24) is 19.8 Å². The average Bonchev–Trinajstić information content (AvgIpc) is 2.83. The van der Waals surface area contributed by atoms with Crippen molar-refractivity contribution < 1.29 is 4.42 Å². The summed E-state index contributed by atoms with van der Waals surface area (Å²) in [4.78, 5) is 0. The van der Waals surface area contributed by atoms with Crippen LogP contribution in [0.1, 0.15) is 11.6 Å². The molecule has 15 heavy (non-hydrogen) atoms. The lowest BCUT2D eigenvalue weighted by molar-refractivity contribution is 0.429. The van der Waals surface area contributed by atoms with Crippen LogP contribution in [0, 0.1) is 6.92 Å². The maximum absolute atomic E-state index is 5.23. The number of hydrogen-bond acceptors (Lipinski definition) is 8. The third-order valence-electron chi connectivity index (χ3n) is 1.62. The minimum Gasteiger partial charge on any atom is -0.416 e. The summed E-state index contributed by atoms with van der Waals surface area (Å²) in [5.74, 6) is 1.25. The van der Waals surface area contributed by atoms with E-state index < -0.39 is 0 Å². The van der Waals surface area contributed by atoms with Crippen LogP contribution in [0.25, 0.3) is 0 Å². The first-order valence-electron chi connectivity index (χ1n) is 4.21. The number of rotatable bonds is 4. The van der Waals surface area contributed by atoms with E-state index >= 15 is 0 Å². The second-order valence-corrected chi connectivity index (χ2v) is 4.36. The maximum atomic E-state index is 5.23. The van der Waals surface area contributed by atoms with E-state index in [-0.39, 0.29) is 0 Å². The number of aryl methyl sites for hydroxylation is 1. The van der Waals surface area contributed by atoms with Gasteiger partial charge >= 0.3 is 0 Å². The molecule has 8 heteroatoms. The molecule has 0 radical (unpaired) electrons. The first kappa shape index (κ1) is 10.4. The van der Waals surface area contributed by atoms with E-state index in [4.69, 9.17) is 4.42 Å². The van der Waals surface area contributed by atoms with Crippen LogP contribution in [0.5, 0.6) is 0 Å². The molecule has 1 N–H and O–H groups in total. The summed E-state index contributed by atoms with van der Waals surface area (Å²) in [6, 6.07) is 0. The smallest absolute Gasteiger partial charge is 0.276 e. The minimum absolute atomic E-state index is 0.558. The molecule has 0 spiro atoms. The Balaban J connectivity index is 1.98. The molecule has 0 unspecified atom stereocenters. The Morgan fingerprint density at radius 2 is 2.27 bits per heavy atom. The fourth-order valence-electron chi connectivity index (χ4n) is 0.960. The van der Waals surface area contributed by atoms with Crippen LogP contribution >= 0.6 is 23.3 Å². The van der Waals surface area contributed by atoms with E-state index in [0.29, 0.717) is 16.9 Å². The van der Waals surface area contributed by atoms with Crippen LogP contribution in [-0.4, -0.2) is 26.8 Å². The van der Waals surface area contributed by atoms with Gasteiger partial charge in [-0.15, -0.1) is 15.3 Å². The Hall–Kier alpha value is -1.15. The Bertz CT molecular complexity index is 440. The summed E-state index contributed by atoms with van der Waals surface area (Å²) in [6.45, 7) is 1.76. The third kappa shape index (κ3) is 2.45. The van der Waals surface area contributed by atoms with Gasteiger partial charge in [-0.25, -0.2) is 0 Å². The summed E-state index contributed by atoms with van der Waals surface area (Å²) < 4.78 is 9.09. The molecular formula is C7H9N5OS2. The lowest BCUT2D eigenvalue weighted by Gasteiger charge is -1.96. The quantitative estimate of drug-likeness (QED) is 0.816. The zero-order valence-electron chi connectivity index (χ0n) is 8.22. The van der Waals surface area contributed by atoms with Gasteiger partial charge in [-0.3, -0.25) is 0 Å². The van der Waals surface area contributed by atoms with Crippen molar-refractivity contribution in [3.05, 3.63) is 11.6 Å². The molecule has 0 bridgehead atoms. The number of anilines is 1. The van der Waals surface area contributed by atoms with Crippen molar-refractivity contribution in [2.24, 2.45) is 0 Å². The highest BCUT2D eigenvalue weighted by Crippen LogP contribution is 2.25. The summed E-state index contributed by atoms with van der Waals surface area (Å²) >= 11 is 2.79. The molecule has 0 aliphatic rings. The molecule has 0 saturated heterocycles. The van der Waals surface area contributed by atoms with Gasteiger partial charge in [0.2, 0.25) is 5.89 Å². The topological polar surface area (TPSA) is 76.7 Å². The summed E-state index contributed by atoms with van der Waals surface area (Å²) in [5.41, 5.74) is 0.906. The molecule has 2 heterocycles. The van der Waals surface area contributed by atoms with Crippen molar-refractivity contribution in [3.63, 3.8) is 0 Å². The molecule has 2 rings (SSSR count). The van der Waals surface area contributed by atoms with Crippen LogP contribution in [0.4, 0.5) is 5.00 Å². The fraction of sp³-hybridized carbons (Fsp3) is 0.429. The van der Waals surface area contributed by atoms with Gasteiger partial charge in [0.25, 0.3) is 5.22 Å². The molecule has 0 aromatic carbocycles. The van der Waals surface area contributed by atoms with Gasteiger partial charge in [-0.05, 0) is 0 Å². The zero-order chi connectivity index (χ0) is 10.7. The van der Waals surface area contributed by atoms with E-state index in [9.17, 15) is 0 Å². The number of nitrogens with zero attached hydrogens (tertiary/aromatic N) is 4. The monoisotopic (exact) mass is 243 g/mol. The molecule has 0 saturated carbocycles. The molecule has 2 aromatic heterocycles. The molecule has 0 amide bonds. The van der Waals surface area contributed by atoms with Crippen LogP contribution in [0.2, 0.25) is 0 Å². The number of nitrogens with one attached hydrogen (secondary N) is 1. The van der Waals surface area contributed by atoms with Gasteiger partial charge < -0.3 is 9.73 Å². The largest absolute Gasteiger partial charge is 0.416 e. The highest BCUT2D eigenvalue weighted by Gasteiger charge is 2.09. The van der Waals surface area contributed by atoms with Crippen molar-refractivity contribution in [2.75, 3.05) is 12.4 Å². The summed E-state index contributed by atoms with van der Waals surface area (Å²) in [7, 11) is 1.85. The van der Waals surface area contributed by atoms with E-state index in [0.717, 1.165) is 10.7 Å². The van der Waals surface area contributed by atoms with Crippen molar-refractivity contribution in [2.45, 2.75) is 17.9 Å². The highest BCUT2D eigenvalue weighted by molar-refractivity contribution is 7.98. The Kier molecular flexibility index (Phi) is 3.17. The van der Waals surface area contributed by atoms with E-state index in [2.05, 4.69) is 25.1 Å². The van der Waals surface area contributed by atoms with Crippen LogP contribution < -0.4 is 5.32 Å². The lowest BCUT2D eigenvalue weighted by atomic mass is 10.5. The van der Waals surface area contributed by atoms with E-state index in [1.165, 1.54) is 23.3 Å². The van der Waals surface area contributed by atoms with Gasteiger partial charge in [0.15, 0.2) is 0 Å². The first-order valence-corrected chi connectivity index (χ1v) is 5.97. The predicted molar refractivity (Wildman–Crippen MR) is 58.1 cm³/mol. The summed E-state index contributed by atoms with van der Waals surface area (Å²) in [5, 5.41) is 16.2. The Morgan fingerprint density at radius 1 is 1.40 bits per heavy atom. The zero-order valence-corrected chi connectivity index (χ0v) is 9.85. The molecule has 0 fully saturated rings. The van der Waals surface area contributed by atoms with Crippen LogP contribution in [0.15, 0.2) is 9.64 Å². The minimum atomic E-state index is 0.558. The van der Waals surface area contributed by atoms with Gasteiger partial charge in [0.1, 0.15) is 10.7 Å². The van der Waals surface area contributed by atoms with Gasteiger partial charge in [-0.2, -0.15) is 0 Å². The van der Waals surface area contributed by atoms with Crippen molar-refractivity contribution in [3.8, 4) is 0 Å². The molecular weight excluding hydrogens is 234 g/mol. The summed E-state index contributed by atoms with van der Waals surface area (Å²) in [6.07, 6.45) is 0. The second-order valence-electron chi connectivity index (χ2n) is 2.67. The number of thioether (sulfide) groups is 1. The molecule has 2 aromatic rings. The molecule has 0 aliphatic carbocycles. The maximum Gasteiger partial charge on any atom is 0.276 e. The molecule has 0 atom stereocenters. The Morgan fingerprint density at radius 3 is 2.93 bits per heavy atom. The van der Waals surface area contributed by atoms with Crippen molar-refractivity contribution in [1.29, 1.82) is 0 Å². The SMILES string of the molecule is CNc1snnc1CSc1nnc(C)o1. The molecule has 6 nitrogen and oxygen atoms in total.